The van der Waals surface area contributed by atoms with Gasteiger partial charge in [-0.25, -0.2) is 9.59 Å². The van der Waals surface area contributed by atoms with E-state index in [-0.39, 0.29) is 0 Å². The number of nitrogens with one attached hydrogen (secondary N) is 4. The van der Waals surface area contributed by atoms with Crippen LogP contribution in [-0.4, -0.2) is 34.0 Å². The number of carboxylic acids is 2. The van der Waals surface area contributed by atoms with Gasteiger partial charge < -0.3 is 10.2 Å². The van der Waals surface area contributed by atoms with Gasteiger partial charge in [-0.2, -0.15) is 0 Å². The minimum absolute atomic E-state index is 0.685. The molecule has 0 aromatic heterocycles. The van der Waals surface area contributed by atoms with Crippen molar-refractivity contribution >= 4 is 35.1 Å². The summed E-state index contributed by atoms with van der Waals surface area (Å²) in [5.74, 6) is -5.24. The van der Waals surface area contributed by atoms with Crippen LogP contribution in [-0.2, 0) is 19.2 Å². The van der Waals surface area contributed by atoms with Gasteiger partial charge in [0.2, 0.25) is 0 Å². The Hall–Kier alpha value is -4.08. The molecule has 0 aliphatic heterocycles. The Morgan fingerprint density at radius 3 is 1.15 bits per heavy atom. The van der Waals surface area contributed by atoms with Gasteiger partial charge in [-0.05, 0) is 24.3 Å². The fourth-order valence-corrected chi connectivity index (χ4v) is 1.41. The molecule has 0 heterocycles. The summed E-state index contributed by atoms with van der Waals surface area (Å²) >= 11 is 0. The summed E-state index contributed by atoms with van der Waals surface area (Å²) in [5.41, 5.74) is 11.2. The predicted molar refractivity (Wildman–Crippen MR) is 91.7 cm³/mol. The first-order valence-electron chi connectivity index (χ1n) is 7.09. The average Bonchev–Trinajstić information content (AvgIpc) is 2.66. The number of para-hydroxylation sites is 2. The minimum Gasteiger partial charge on any atom is -0.473 e. The third-order valence-electron chi connectivity index (χ3n) is 2.58. The van der Waals surface area contributed by atoms with E-state index in [0.717, 1.165) is 0 Å². The molecule has 0 aliphatic rings. The maximum atomic E-state index is 11.5. The Balaban J connectivity index is 0.000000487. The number of carbonyl (C=O) groups is 4. The van der Waals surface area contributed by atoms with E-state index in [9.17, 15) is 9.59 Å². The number of hydrazine groups is 2. The number of hydrogen-bond acceptors (Lipinski definition) is 6. The molecular formula is C16H16N4O6. The first-order valence-corrected chi connectivity index (χ1v) is 7.09. The van der Waals surface area contributed by atoms with Crippen molar-refractivity contribution in [2.24, 2.45) is 0 Å². The van der Waals surface area contributed by atoms with Crippen LogP contribution in [0.25, 0.3) is 0 Å². The second kappa shape index (κ2) is 10.6. The van der Waals surface area contributed by atoms with Crippen LogP contribution in [0, 0.1) is 0 Å². The number of anilines is 2. The lowest BCUT2D eigenvalue weighted by Gasteiger charge is -2.10. The number of carboxylic acid groups (broad SMARTS) is 2. The molecule has 0 atom stereocenters. The molecule has 26 heavy (non-hydrogen) atoms. The highest BCUT2D eigenvalue weighted by Crippen LogP contribution is 2.03. The molecule has 6 N–H and O–H groups in total. The minimum atomic E-state index is -1.82. The average molecular weight is 360 g/mol. The van der Waals surface area contributed by atoms with Crippen molar-refractivity contribution in [2.75, 3.05) is 10.9 Å². The Kier molecular flexibility index (Phi) is 8.18. The van der Waals surface area contributed by atoms with Crippen LogP contribution >= 0.6 is 0 Å². The van der Waals surface area contributed by atoms with Gasteiger partial charge in [-0.15, -0.1) is 0 Å². The van der Waals surface area contributed by atoms with Crippen LogP contribution in [0.3, 0.4) is 0 Å². The molecule has 2 rings (SSSR count). The molecule has 136 valence electrons. The van der Waals surface area contributed by atoms with Crippen LogP contribution in [0.2, 0.25) is 0 Å². The lowest BCUT2D eigenvalue weighted by atomic mass is 10.3. The Labute approximate surface area is 147 Å². The van der Waals surface area contributed by atoms with E-state index in [2.05, 4.69) is 21.7 Å². The Bertz CT molecular complexity index is 686. The first-order chi connectivity index (χ1) is 12.4. The van der Waals surface area contributed by atoms with Crippen LogP contribution in [0.1, 0.15) is 0 Å². The van der Waals surface area contributed by atoms with Crippen LogP contribution in [0.15, 0.2) is 60.7 Å². The third-order valence-corrected chi connectivity index (χ3v) is 2.58. The van der Waals surface area contributed by atoms with Crippen molar-refractivity contribution in [2.45, 2.75) is 0 Å². The topological polar surface area (TPSA) is 157 Å². The maximum Gasteiger partial charge on any atom is 0.414 e. The third kappa shape index (κ3) is 7.97. The maximum absolute atomic E-state index is 11.5. The normalized spacial score (nSPS) is 8.92. The SMILES string of the molecule is O=C(NNc1ccccc1)C(=O)NNc1ccccc1.O=C(O)C(=O)O. The fraction of sp³-hybridized carbons (Fsp3) is 0. The van der Waals surface area contributed by atoms with E-state index in [1.807, 2.05) is 36.4 Å². The second-order valence-electron chi connectivity index (χ2n) is 4.50. The Morgan fingerprint density at radius 1 is 0.577 bits per heavy atom. The number of carbonyl (C=O) groups excluding carboxylic acids is 2. The van der Waals surface area contributed by atoms with Crippen molar-refractivity contribution in [3.63, 3.8) is 0 Å². The first kappa shape index (κ1) is 20.0. The Morgan fingerprint density at radius 2 is 0.885 bits per heavy atom. The monoisotopic (exact) mass is 360 g/mol. The van der Waals surface area contributed by atoms with Gasteiger partial charge in [-0.1, -0.05) is 36.4 Å². The molecule has 0 spiro atoms. The standard InChI is InChI=1S/C14H14N4O2.C2H2O4/c19-13(17-15-11-7-3-1-4-8-11)14(20)18-16-12-9-5-2-6-10-12;3-1(4)2(5)6/h1-10,15-16H,(H,17,19)(H,18,20);(H,3,4)(H,5,6). The van der Waals surface area contributed by atoms with Crippen molar-refractivity contribution in [3.05, 3.63) is 60.7 Å². The van der Waals surface area contributed by atoms with Gasteiger partial charge in [0.05, 0.1) is 11.4 Å². The van der Waals surface area contributed by atoms with Gasteiger partial charge in [0, 0.05) is 0 Å². The van der Waals surface area contributed by atoms with Crippen molar-refractivity contribution < 1.29 is 29.4 Å². The molecule has 2 aromatic carbocycles. The van der Waals surface area contributed by atoms with Crippen molar-refractivity contribution in [1.29, 1.82) is 0 Å². The van der Waals surface area contributed by atoms with E-state index in [1.54, 1.807) is 24.3 Å². The van der Waals surface area contributed by atoms with E-state index < -0.39 is 23.8 Å². The van der Waals surface area contributed by atoms with Crippen molar-refractivity contribution in [3.8, 4) is 0 Å². The largest absolute Gasteiger partial charge is 0.473 e. The number of hydrogen-bond donors (Lipinski definition) is 6. The summed E-state index contributed by atoms with van der Waals surface area (Å²) in [6.07, 6.45) is 0. The van der Waals surface area contributed by atoms with Crippen molar-refractivity contribution in [1.82, 2.24) is 10.9 Å². The number of amides is 2. The van der Waals surface area contributed by atoms with E-state index in [1.165, 1.54) is 0 Å². The quantitative estimate of drug-likeness (QED) is 0.338. The number of rotatable bonds is 4. The smallest absolute Gasteiger partial charge is 0.414 e. The van der Waals surface area contributed by atoms with E-state index in [4.69, 9.17) is 19.8 Å². The van der Waals surface area contributed by atoms with Gasteiger partial charge in [0.1, 0.15) is 0 Å². The highest BCUT2D eigenvalue weighted by Gasteiger charge is 2.12. The fourth-order valence-electron chi connectivity index (χ4n) is 1.41. The summed E-state index contributed by atoms with van der Waals surface area (Å²) < 4.78 is 0. The summed E-state index contributed by atoms with van der Waals surface area (Å²) in [6.45, 7) is 0. The molecule has 0 radical (unpaired) electrons. The summed E-state index contributed by atoms with van der Waals surface area (Å²) in [5, 5.41) is 14.8. The van der Waals surface area contributed by atoms with E-state index >= 15 is 0 Å². The molecule has 0 unspecified atom stereocenters. The van der Waals surface area contributed by atoms with Gasteiger partial charge in [-0.3, -0.25) is 31.3 Å². The zero-order chi connectivity index (χ0) is 19.4. The zero-order valence-corrected chi connectivity index (χ0v) is 13.3. The highest BCUT2D eigenvalue weighted by molar-refractivity contribution is 6.35. The van der Waals surface area contributed by atoms with Gasteiger partial charge in [0.15, 0.2) is 0 Å². The van der Waals surface area contributed by atoms with Crippen LogP contribution in [0.4, 0.5) is 11.4 Å². The molecule has 0 fully saturated rings. The molecular weight excluding hydrogens is 344 g/mol. The second-order valence-corrected chi connectivity index (χ2v) is 4.50. The lowest BCUT2D eigenvalue weighted by molar-refractivity contribution is -0.159. The molecule has 0 aliphatic carbocycles. The number of aliphatic carboxylic acids is 2. The summed E-state index contributed by atoms with van der Waals surface area (Å²) in [4.78, 5) is 41.2. The lowest BCUT2D eigenvalue weighted by Crippen LogP contribution is -2.44. The summed E-state index contributed by atoms with van der Waals surface area (Å²) in [6, 6.07) is 18.0. The van der Waals surface area contributed by atoms with Crippen LogP contribution < -0.4 is 21.7 Å². The predicted octanol–water partition coefficient (Wildman–Crippen LogP) is 0.429. The van der Waals surface area contributed by atoms with Crippen LogP contribution in [0.5, 0.6) is 0 Å². The van der Waals surface area contributed by atoms with E-state index in [0.29, 0.717) is 11.4 Å². The number of benzene rings is 2. The molecule has 10 heteroatoms. The summed E-state index contributed by atoms with van der Waals surface area (Å²) in [7, 11) is 0. The molecule has 0 bridgehead atoms. The zero-order valence-electron chi connectivity index (χ0n) is 13.3. The molecule has 2 aromatic rings. The molecule has 0 saturated carbocycles. The highest BCUT2D eigenvalue weighted by atomic mass is 16.4. The molecule has 2 amide bonds. The van der Waals surface area contributed by atoms with Gasteiger partial charge in [0.25, 0.3) is 0 Å². The molecule has 10 nitrogen and oxygen atoms in total. The van der Waals surface area contributed by atoms with Gasteiger partial charge >= 0.3 is 23.8 Å². The molecule has 0 saturated heterocycles.